The highest BCUT2D eigenvalue weighted by atomic mass is 35.5. The van der Waals surface area contributed by atoms with Crippen LogP contribution in [0, 0.1) is 6.92 Å². The molecule has 9 heteroatoms. The van der Waals surface area contributed by atoms with Crippen LogP contribution >= 0.6 is 22.9 Å². The van der Waals surface area contributed by atoms with Crippen LogP contribution in [0.15, 0.2) is 52.7 Å². The molecule has 28 heavy (non-hydrogen) atoms. The summed E-state index contributed by atoms with van der Waals surface area (Å²) in [5.74, 6) is -0.973. The summed E-state index contributed by atoms with van der Waals surface area (Å²) in [6.07, 6.45) is 0.991. The molecule has 0 aliphatic heterocycles. The highest BCUT2D eigenvalue weighted by Gasteiger charge is 2.20. The summed E-state index contributed by atoms with van der Waals surface area (Å²) in [4.78, 5) is 15.7. The minimum atomic E-state index is -3.80. The number of carboxylic acids is 1. The number of sulfonamides is 1. The van der Waals surface area contributed by atoms with Gasteiger partial charge in [0, 0.05) is 10.4 Å². The van der Waals surface area contributed by atoms with Gasteiger partial charge in [0.1, 0.15) is 0 Å². The van der Waals surface area contributed by atoms with E-state index in [1.165, 1.54) is 17.4 Å². The second-order valence-corrected chi connectivity index (χ2v) is 8.99. The van der Waals surface area contributed by atoms with Gasteiger partial charge in [-0.3, -0.25) is 4.72 Å². The van der Waals surface area contributed by atoms with Crippen LogP contribution in [0.3, 0.4) is 0 Å². The lowest BCUT2D eigenvalue weighted by Gasteiger charge is -2.09. The molecule has 0 aliphatic carbocycles. The Hall–Kier alpha value is -2.42. The summed E-state index contributed by atoms with van der Waals surface area (Å²) in [5.41, 5.74) is 2.12. The SMILES string of the molecule is Cc1c(Cl)cccc1S(=O)(=O)Nc1nc(CCc2ccccc2C(=O)O)cs1. The van der Waals surface area contributed by atoms with Gasteiger partial charge >= 0.3 is 5.97 Å². The van der Waals surface area contributed by atoms with Gasteiger partial charge < -0.3 is 5.11 Å². The minimum absolute atomic E-state index is 0.104. The first-order chi connectivity index (χ1) is 13.3. The number of benzene rings is 2. The molecule has 1 aromatic heterocycles. The van der Waals surface area contributed by atoms with E-state index in [1.54, 1.807) is 48.7 Å². The molecule has 146 valence electrons. The van der Waals surface area contributed by atoms with Crippen molar-refractivity contribution in [1.29, 1.82) is 0 Å². The molecule has 2 N–H and O–H groups in total. The molecule has 0 aliphatic rings. The number of halogens is 1. The standard InChI is InChI=1S/C19H17ClN2O4S2/c1-12-16(20)7-4-8-17(12)28(25,26)22-19-21-14(11-27-19)10-9-13-5-2-3-6-15(13)18(23)24/h2-8,11H,9-10H2,1H3,(H,21,22)(H,23,24). The number of hydrogen-bond acceptors (Lipinski definition) is 5. The van der Waals surface area contributed by atoms with Gasteiger partial charge in [-0.1, -0.05) is 35.9 Å². The molecule has 2 aromatic carbocycles. The Morgan fingerprint density at radius 2 is 1.93 bits per heavy atom. The molecular weight excluding hydrogens is 420 g/mol. The molecule has 0 radical (unpaired) electrons. The smallest absolute Gasteiger partial charge is 0.335 e. The van der Waals surface area contributed by atoms with E-state index in [-0.39, 0.29) is 15.6 Å². The van der Waals surface area contributed by atoms with E-state index in [1.807, 2.05) is 0 Å². The van der Waals surface area contributed by atoms with Crippen molar-refractivity contribution in [3.63, 3.8) is 0 Å². The molecule has 0 amide bonds. The lowest BCUT2D eigenvalue weighted by molar-refractivity contribution is 0.0695. The summed E-state index contributed by atoms with van der Waals surface area (Å²) >= 11 is 7.19. The van der Waals surface area contributed by atoms with E-state index < -0.39 is 16.0 Å². The fourth-order valence-corrected chi connectivity index (χ4v) is 5.22. The summed E-state index contributed by atoms with van der Waals surface area (Å²) < 4.78 is 27.7. The molecule has 0 fully saturated rings. The second-order valence-electron chi connectivity index (χ2n) is 6.07. The van der Waals surface area contributed by atoms with E-state index >= 15 is 0 Å². The summed E-state index contributed by atoms with van der Waals surface area (Å²) in [5, 5.41) is 11.6. The lowest BCUT2D eigenvalue weighted by atomic mass is 10.0. The Labute approximate surface area is 171 Å². The highest BCUT2D eigenvalue weighted by Crippen LogP contribution is 2.26. The molecule has 6 nitrogen and oxygen atoms in total. The average molecular weight is 437 g/mol. The second kappa shape index (κ2) is 8.30. The summed E-state index contributed by atoms with van der Waals surface area (Å²) in [6.45, 7) is 1.64. The fourth-order valence-electron chi connectivity index (χ4n) is 2.73. The number of nitrogens with one attached hydrogen (secondary N) is 1. The van der Waals surface area contributed by atoms with E-state index in [0.717, 1.165) is 0 Å². The molecule has 0 bridgehead atoms. The maximum atomic E-state index is 12.6. The Kier molecular flexibility index (Phi) is 6.02. The number of aryl methyl sites for hydroxylation is 2. The number of carboxylic acid groups (broad SMARTS) is 1. The van der Waals surface area contributed by atoms with Gasteiger partial charge in [-0.05, 0) is 49.1 Å². The molecule has 0 unspecified atom stereocenters. The first-order valence-corrected chi connectivity index (χ1v) is 11.1. The van der Waals surface area contributed by atoms with Crippen molar-refractivity contribution in [3.8, 4) is 0 Å². The van der Waals surface area contributed by atoms with E-state index in [9.17, 15) is 18.3 Å². The van der Waals surface area contributed by atoms with Crippen LogP contribution in [0.1, 0.15) is 27.2 Å². The van der Waals surface area contributed by atoms with Crippen molar-refractivity contribution in [2.75, 3.05) is 4.72 Å². The van der Waals surface area contributed by atoms with Crippen molar-refractivity contribution in [1.82, 2.24) is 4.98 Å². The zero-order valence-electron chi connectivity index (χ0n) is 14.8. The van der Waals surface area contributed by atoms with Crippen LogP contribution in [0.2, 0.25) is 5.02 Å². The monoisotopic (exact) mass is 436 g/mol. The highest BCUT2D eigenvalue weighted by molar-refractivity contribution is 7.93. The maximum Gasteiger partial charge on any atom is 0.335 e. The lowest BCUT2D eigenvalue weighted by Crippen LogP contribution is -2.14. The minimum Gasteiger partial charge on any atom is -0.478 e. The Morgan fingerprint density at radius 3 is 2.68 bits per heavy atom. The number of aromatic nitrogens is 1. The van der Waals surface area contributed by atoms with Crippen molar-refractivity contribution in [2.45, 2.75) is 24.7 Å². The molecular formula is C19H17ClN2O4S2. The largest absolute Gasteiger partial charge is 0.478 e. The van der Waals surface area contributed by atoms with Crippen molar-refractivity contribution in [2.24, 2.45) is 0 Å². The Morgan fingerprint density at radius 1 is 1.18 bits per heavy atom. The predicted molar refractivity (Wildman–Crippen MR) is 110 cm³/mol. The fraction of sp³-hybridized carbons (Fsp3) is 0.158. The van der Waals surface area contributed by atoms with E-state index in [0.29, 0.717) is 34.7 Å². The van der Waals surface area contributed by atoms with Gasteiger partial charge in [0.25, 0.3) is 10.0 Å². The van der Waals surface area contributed by atoms with Crippen molar-refractivity contribution in [3.05, 3.63) is 75.3 Å². The average Bonchev–Trinajstić information content (AvgIpc) is 3.08. The number of rotatable bonds is 7. The van der Waals surface area contributed by atoms with Crippen molar-refractivity contribution >= 4 is 44.1 Å². The van der Waals surface area contributed by atoms with Crippen molar-refractivity contribution < 1.29 is 18.3 Å². The molecule has 3 aromatic rings. The van der Waals surface area contributed by atoms with Crippen LogP contribution in [-0.4, -0.2) is 24.5 Å². The number of aromatic carboxylic acids is 1. The van der Waals surface area contributed by atoms with Crippen LogP contribution in [0.5, 0.6) is 0 Å². The Bertz CT molecular complexity index is 1130. The molecule has 1 heterocycles. The van der Waals surface area contributed by atoms with Crippen LogP contribution in [0.4, 0.5) is 5.13 Å². The molecule has 0 atom stereocenters. The first-order valence-electron chi connectivity index (χ1n) is 8.31. The van der Waals surface area contributed by atoms with Crippen LogP contribution in [0.25, 0.3) is 0 Å². The topological polar surface area (TPSA) is 96.4 Å². The van der Waals surface area contributed by atoms with Gasteiger partial charge in [0.05, 0.1) is 16.2 Å². The van der Waals surface area contributed by atoms with Gasteiger partial charge in [0.15, 0.2) is 5.13 Å². The first kappa shape index (κ1) is 20.3. The third kappa shape index (κ3) is 4.52. The maximum absolute atomic E-state index is 12.6. The molecule has 0 saturated heterocycles. The van der Waals surface area contributed by atoms with Gasteiger partial charge in [0.2, 0.25) is 0 Å². The number of nitrogens with zero attached hydrogens (tertiary/aromatic N) is 1. The molecule has 3 rings (SSSR count). The van der Waals surface area contributed by atoms with Gasteiger partial charge in [-0.25, -0.2) is 18.2 Å². The Balaban J connectivity index is 1.73. The van der Waals surface area contributed by atoms with E-state index in [2.05, 4.69) is 9.71 Å². The number of carbonyl (C=O) groups is 1. The van der Waals surface area contributed by atoms with Crippen LogP contribution in [-0.2, 0) is 22.9 Å². The zero-order chi connectivity index (χ0) is 20.3. The van der Waals surface area contributed by atoms with E-state index in [4.69, 9.17) is 11.6 Å². The number of thiazole rings is 1. The third-order valence-electron chi connectivity index (χ3n) is 4.18. The van der Waals surface area contributed by atoms with Crippen LogP contribution < -0.4 is 4.72 Å². The quantitative estimate of drug-likeness (QED) is 0.572. The summed E-state index contributed by atoms with van der Waals surface area (Å²) in [6, 6.07) is 11.5. The summed E-state index contributed by atoms with van der Waals surface area (Å²) in [7, 11) is -3.80. The molecule has 0 saturated carbocycles. The third-order valence-corrected chi connectivity index (χ3v) is 7.01. The van der Waals surface area contributed by atoms with Gasteiger partial charge in [-0.2, -0.15) is 0 Å². The van der Waals surface area contributed by atoms with Gasteiger partial charge in [-0.15, -0.1) is 11.3 Å². The predicted octanol–water partition coefficient (Wildman–Crippen LogP) is 4.39. The number of hydrogen-bond donors (Lipinski definition) is 2. The zero-order valence-corrected chi connectivity index (χ0v) is 17.2. The normalized spacial score (nSPS) is 11.4. The molecule has 0 spiro atoms. The number of anilines is 1.